The molecule has 0 spiro atoms. The van der Waals surface area contributed by atoms with E-state index < -0.39 is 5.97 Å². The van der Waals surface area contributed by atoms with E-state index in [0.717, 1.165) is 51.7 Å². The summed E-state index contributed by atoms with van der Waals surface area (Å²) < 4.78 is 5.64. The number of hydrogen-bond acceptors (Lipinski definition) is 5. The van der Waals surface area contributed by atoms with Crippen molar-refractivity contribution in [3.8, 4) is 16.9 Å². The Hall–Kier alpha value is -5.03. The molecule has 0 bridgehead atoms. The third-order valence-corrected chi connectivity index (χ3v) is 7.26. The van der Waals surface area contributed by atoms with Gasteiger partial charge in [0.15, 0.2) is 12.4 Å². The minimum Gasteiger partial charge on any atom is -0.508 e. The second-order valence-corrected chi connectivity index (χ2v) is 9.89. The van der Waals surface area contributed by atoms with Crippen LogP contribution in [0.1, 0.15) is 50.4 Å². The summed E-state index contributed by atoms with van der Waals surface area (Å²) in [7, 11) is 0. The molecule has 0 atom stereocenters. The smallest absolute Gasteiger partial charge is 0.339 e. The van der Waals surface area contributed by atoms with E-state index >= 15 is 0 Å². The summed E-state index contributed by atoms with van der Waals surface area (Å²) in [6.07, 6.45) is 4.44. The third-order valence-electron chi connectivity index (χ3n) is 7.26. The molecule has 0 fully saturated rings. The van der Waals surface area contributed by atoms with Crippen LogP contribution in [-0.2, 0) is 11.2 Å². The third kappa shape index (κ3) is 5.14. The Morgan fingerprint density at radius 3 is 2.27 bits per heavy atom. The van der Waals surface area contributed by atoms with Crippen LogP contribution in [0.4, 0.5) is 0 Å². The molecule has 1 aromatic heterocycles. The van der Waals surface area contributed by atoms with Gasteiger partial charge >= 0.3 is 5.97 Å². The van der Waals surface area contributed by atoms with Crippen molar-refractivity contribution < 1.29 is 19.4 Å². The molecule has 196 valence electrons. The van der Waals surface area contributed by atoms with E-state index in [4.69, 9.17) is 9.72 Å². The molecule has 1 heterocycles. The average Bonchev–Trinajstić information content (AvgIpc) is 3.00. The van der Waals surface area contributed by atoms with Crippen LogP contribution >= 0.6 is 0 Å². The summed E-state index contributed by atoms with van der Waals surface area (Å²) in [5.41, 5.74) is 7.37. The van der Waals surface area contributed by atoms with E-state index in [0.29, 0.717) is 23.1 Å². The number of para-hydroxylation sites is 1. The predicted molar refractivity (Wildman–Crippen MR) is 157 cm³/mol. The first-order valence-electron chi connectivity index (χ1n) is 13.3. The number of ketones is 1. The van der Waals surface area contributed by atoms with Crippen molar-refractivity contribution in [2.45, 2.75) is 19.3 Å². The van der Waals surface area contributed by atoms with Gasteiger partial charge in [0.25, 0.3) is 0 Å². The molecule has 6 rings (SSSR count). The lowest BCUT2D eigenvalue weighted by atomic mass is 9.86. The molecule has 5 heteroatoms. The average molecular weight is 526 g/mol. The van der Waals surface area contributed by atoms with Gasteiger partial charge in [0.1, 0.15) is 5.75 Å². The molecule has 0 saturated heterocycles. The number of allylic oxidation sites excluding steroid dienone is 1. The zero-order valence-electron chi connectivity index (χ0n) is 21.8. The number of aromatic nitrogens is 1. The van der Waals surface area contributed by atoms with Gasteiger partial charge in [-0.2, -0.15) is 0 Å². The lowest BCUT2D eigenvalue weighted by Gasteiger charge is -2.22. The number of fused-ring (bicyclic) bond motifs is 2. The van der Waals surface area contributed by atoms with Crippen LogP contribution in [0.3, 0.4) is 0 Å². The van der Waals surface area contributed by atoms with Crippen molar-refractivity contribution in [2.24, 2.45) is 0 Å². The van der Waals surface area contributed by atoms with Gasteiger partial charge in [0.05, 0.1) is 16.8 Å². The molecular formula is C35H27NO4. The summed E-state index contributed by atoms with van der Waals surface area (Å²) in [6, 6.07) is 31.8. The Morgan fingerprint density at radius 1 is 0.800 bits per heavy atom. The molecule has 1 aliphatic carbocycles. The van der Waals surface area contributed by atoms with Crippen LogP contribution in [0.15, 0.2) is 103 Å². The van der Waals surface area contributed by atoms with Crippen LogP contribution in [0.25, 0.3) is 33.7 Å². The highest BCUT2D eigenvalue weighted by Gasteiger charge is 2.26. The number of Topliss-reactive ketones (excluding diaryl/α,β-unsaturated/α-hetero) is 1. The number of phenolic OH excluding ortho intramolecular Hbond substituents is 1. The Labute approximate surface area is 232 Å². The summed E-state index contributed by atoms with van der Waals surface area (Å²) >= 11 is 0. The van der Waals surface area contributed by atoms with Gasteiger partial charge in [0, 0.05) is 10.9 Å². The van der Waals surface area contributed by atoms with Gasteiger partial charge in [-0.05, 0) is 71.4 Å². The number of rotatable bonds is 6. The van der Waals surface area contributed by atoms with Crippen LogP contribution in [0, 0.1) is 0 Å². The van der Waals surface area contributed by atoms with Crippen LogP contribution in [0.2, 0.25) is 0 Å². The minimum absolute atomic E-state index is 0.210. The summed E-state index contributed by atoms with van der Waals surface area (Å²) in [5, 5.41) is 10.4. The van der Waals surface area contributed by atoms with E-state index in [2.05, 4.69) is 6.08 Å². The second-order valence-electron chi connectivity index (χ2n) is 9.89. The van der Waals surface area contributed by atoms with E-state index in [9.17, 15) is 14.7 Å². The molecule has 5 nitrogen and oxygen atoms in total. The first-order chi connectivity index (χ1) is 19.6. The maximum Gasteiger partial charge on any atom is 0.339 e. The van der Waals surface area contributed by atoms with Gasteiger partial charge in [0.2, 0.25) is 0 Å². The topological polar surface area (TPSA) is 76.5 Å². The van der Waals surface area contributed by atoms with E-state index in [-0.39, 0.29) is 18.1 Å². The molecule has 40 heavy (non-hydrogen) atoms. The van der Waals surface area contributed by atoms with Gasteiger partial charge < -0.3 is 9.84 Å². The monoisotopic (exact) mass is 525 g/mol. The molecule has 4 aromatic carbocycles. The number of aromatic hydroxyl groups is 1. The molecule has 5 aromatic rings. The Balaban J connectivity index is 1.28. The first kappa shape index (κ1) is 25.3. The van der Waals surface area contributed by atoms with E-state index in [1.54, 1.807) is 24.3 Å². The summed E-state index contributed by atoms with van der Waals surface area (Å²) in [6.45, 7) is -0.342. The fraction of sp³-hybridized carbons (Fsp3) is 0.114. The number of phenols is 1. The maximum absolute atomic E-state index is 13.6. The maximum atomic E-state index is 13.6. The molecule has 0 saturated carbocycles. The Bertz CT molecular complexity index is 1740. The number of carbonyl (C=O) groups excluding carboxylic acids is 2. The second kappa shape index (κ2) is 11.0. The van der Waals surface area contributed by atoms with Crippen molar-refractivity contribution in [3.05, 3.63) is 131 Å². The van der Waals surface area contributed by atoms with Gasteiger partial charge in [-0.25, -0.2) is 9.78 Å². The van der Waals surface area contributed by atoms with E-state index in [1.165, 1.54) is 0 Å². The Kier molecular flexibility index (Phi) is 6.94. The largest absolute Gasteiger partial charge is 0.508 e. The number of benzene rings is 4. The quantitative estimate of drug-likeness (QED) is 0.183. The molecule has 0 amide bonds. The zero-order chi connectivity index (χ0) is 27.5. The van der Waals surface area contributed by atoms with Crippen molar-refractivity contribution in [3.63, 3.8) is 0 Å². The highest BCUT2D eigenvalue weighted by Crippen LogP contribution is 2.36. The number of ether oxygens (including phenoxy) is 1. The summed E-state index contributed by atoms with van der Waals surface area (Å²) in [5.74, 6) is -0.565. The Morgan fingerprint density at radius 2 is 1.50 bits per heavy atom. The minimum atomic E-state index is -0.519. The molecule has 0 radical (unpaired) electrons. The number of nitrogens with zero attached hydrogens (tertiary/aromatic N) is 1. The molecule has 1 aliphatic rings. The number of pyridine rings is 1. The fourth-order valence-corrected chi connectivity index (χ4v) is 5.25. The van der Waals surface area contributed by atoms with Crippen LogP contribution < -0.4 is 0 Å². The molecular weight excluding hydrogens is 498 g/mol. The van der Waals surface area contributed by atoms with Gasteiger partial charge in [-0.15, -0.1) is 0 Å². The SMILES string of the molecule is O=C(COC(=O)c1c2c(nc3ccccc13)C(=Cc1ccc(O)cc1)CCC2)c1ccc(-c2ccccc2)cc1. The van der Waals surface area contributed by atoms with Crippen molar-refractivity contribution in [2.75, 3.05) is 6.61 Å². The van der Waals surface area contributed by atoms with Crippen molar-refractivity contribution in [1.82, 2.24) is 4.98 Å². The number of carbonyl (C=O) groups is 2. The molecule has 0 aliphatic heterocycles. The standard InChI is InChI=1S/C35H27NO4/c37-28-19-13-23(14-20-28)21-27-9-6-11-30-33(29-10-4-5-12-31(29)36-34(27)30)35(39)40-22-32(38)26-17-15-25(16-18-26)24-7-2-1-3-8-24/h1-5,7-8,10,12-21,37H,6,9,11,22H2. The zero-order valence-corrected chi connectivity index (χ0v) is 21.8. The predicted octanol–water partition coefficient (Wildman–Crippen LogP) is 7.52. The highest BCUT2D eigenvalue weighted by atomic mass is 16.5. The first-order valence-corrected chi connectivity index (χ1v) is 13.3. The van der Waals surface area contributed by atoms with Crippen molar-refractivity contribution in [1.29, 1.82) is 0 Å². The number of esters is 1. The van der Waals surface area contributed by atoms with E-state index in [1.807, 2.05) is 78.9 Å². The lowest BCUT2D eigenvalue weighted by Crippen LogP contribution is -2.18. The van der Waals surface area contributed by atoms with Crippen molar-refractivity contribution >= 4 is 34.3 Å². The van der Waals surface area contributed by atoms with Gasteiger partial charge in [-0.3, -0.25) is 4.79 Å². The lowest BCUT2D eigenvalue weighted by molar-refractivity contribution is 0.0475. The highest BCUT2D eigenvalue weighted by molar-refractivity contribution is 6.08. The molecule has 0 unspecified atom stereocenters. The summed E-state index contributed by atoms with van der Waals surface area (Å²) in [4.78, 5) is 31.4. The molecule has 1 N–H and O–H groups in total. The van der Waals surface area contributed by atoms with Gasteiger partial charge in [-0.1, -0.05) is 84.9 Å². The van der Waals surface area contributed by atoms with Crippen LogP contribution in [-0.4, -0.2) is 28.4 Å². The number of hydrogen-bond donors (Lipinski definition) is 1. The normalized spacial score (nSPS) is 13.7. The van der Waals surface area contributed by atoms with Crippen LogP contribution in [0.5, 0.6) is 5.75 Å². The fourth-order valence-electron chi connectivity index (χ4n) is 5.25.